The van der Waals surface area contributed by atoms with Crippen molar-refractivity contribution in [1.29, 1.82) is 0 Å². The van der Waals surface area contributed by atoms with Crippen molar-refractivity contribution in [3.05, 3.63) is 22.2 Å². The molecule has 1 aliphatic rings. The van der Waals surface area contributed by atoms with Gasteiger partial charge in [0.05, 0.1) is 10.6 Å². The molecular formula is C10H12BrNO. The Morgan fingerprint density at radius 3 is 2.77 bits per heavy atom. The fourth-order valence-electron chi connectivity index (χ4n) is 1.13. The fourth-order valence-corrected chi connectivity index (χ4v) is 1.58. The van der Waals surface area contributed by atoms with Gasteiger partial charge in [0.15, 0.2) is 0 Å². The summed E-state index contributed by atoms with van der Waals surface area (Å²) in [4.78, 5) is 0. The van der Waals surface area contributed by atoms with Crippen LogP contribution >= 0.6 is 15.9 Å². The van der Waals surface area contributed by atoms with E-state index in [0.717, 1.165) is 21.5 Å². The van der Waals surface area contributed by atoms with Gasteiger partial charge in [0, 0.05) is 5.69 Å². The van der Waals surface area contributed by atoms with Crippen molar-refractivity contribution in [2.75, 3.05) is 5.73 Å². The highest BCUT2D eigenvalue weighted by Crippen LogP contribution is 2.34. The zero-order chi connectivity index (χ0) is 9.42. The third kappa shape index (κ3) is 1.97. The first-order valence-electron chi connectivity index (χ1n) is 4.39. The molecule has 2 N–H and O–H groups in total. The first-order valence-corrected chi connectivity index (χ1v) is 5.18. The van der Waals surface area contributed by atoms with Gasteiger partial charge in [-0.3, -0.25) is 0 Å². The predicted octanol–water partition coefficient (Wildman–Crippen LogP) is 2.88. The van der Waals surface area contributed by atoms with E-state index in [1.165, 1.54) is 12.8 Å². The lowest BCUT2D eigenvalue weighted by atomic mass is 10.2. The summed E-state index contributed by atoms with van der Waals surface area (Å²) in [6.07, 6.45) is 2.78. The van der Waals surface area contributed by atoms with Crippen molar-refractivity contribution >= 4 is 21.6 Å². The number of hydrogen-bond acceptors (Lipinski definition) is 2. The van der Waals surface area contributed by atoms with Crippen LogP contribution in [0.5, 0.6) is 5.75 Å². The molecule has 3 heteroatoms. The maximum atomic E-state index is 5.75. The van der Waals surface area contributed by atoms with Gasteiger partial charge in [-0.15, -0.1) is 0 Å². The van der Waals surface area contributed by atoms with Crippen LogP contribution in [-0.2, 0) is 0 Å². The van der Waals surface area contributed by atoms with Crippen molar-refractivity contribution in [3.8, 4) is 5.75 Å². The molecule has 1 aliphatic carbocycles. The van der Waals surface area contributed by atoms with Crippen molar-refractivity contribution in [2.45, 2.75) is 25.9 Å². The van der Waals surface area contributed by atoms with Crippen LogP contribution in [0.4, 0.5) is 5.69 Å². The maximum Gasteiger partial charge on any atom is 0.134 e. The van der Waals surface area contributed by atoms with Gasteiger partial charge < -0.3 is 10.5 Å². The second-order valence-corrected chi connectivity index (χ2v) is 4.31. The SMILES string of the molecule is Cc1cc(OC2CC2)c(Br)cc1N. The number of aryl methyl sites for hydroxylation is 1. The molecule has 2 nitrogen and oxygen atoms in total. The number of halogens is 1. The zero-order valence-electron chi connectivity index (χ0n) is 7.51. The topological polar surface area (TPSA) is 35.2 Å². The van der Waals surface area contributed by atoms with Gasteiger partial charge in [-0.1, -0.05) is 0 Å². The standard InChI is InChI=1S/C10H12BrNO/c1-6-4-10(13-7-2-3-7)8(11)5-9(6)12/h4-5,7H,2-3,12H2,1H3. The monoisotopic (exact) mass is 241 g/mol. The van der Waals surface area contributed by atoms with Gasteiger partial charge in [-0.25, -0.2) is 0 Å². The third-order valence-corrected chi connectivity index (χ3v) is 2.76. The van der Waals surface area contributed by atoms with Crippen LogP contribution in [0.15, 0.2) is 16.6 Å². The molecule has 1 aromatic carbocycles. The smallest absolute Gasteiger partial charge is 0.134 e. The Morgan fingerprint density at radius 2 is 2.15 bits per heavy atom. The highest BCUT2D eigenvalue weighted by molar-refractivity contribution is 9.10. The minimum Gasteiger partial charge on any atom is -0.489 e. The normalized spacial score (nSPS) is 15.8. The van der Waals surface area contributed by atoms with E-state index in [1.54, 1.807) is 0 Å². The van der Waals surface area contributed by atoms with Crippen molar-refractivity contribution in [3.63, 3.8) is 0 Å². The fraction of sp³-hybridized carbons (Fsp3) is 0.400. The largest absolute Gasteiger partial charge is 0.489 e. The van der Waals surface area contributed by atoms with Crippen LogP contribution in [0.25, 0.3) is 0 Å². The van der Waals surface area contributed by atoms with E-state index in [-0.39, 0.29) is 0 Å². The van der Waals surface area contributed by atoms with Crippen LogP contribution in [0.1, 0.15) is 18.4 Å². The summed E-state index contributed by atoms with van der Waals surface area (Å²) in [5, 5.41) is 0. The summed E-state index contributed by atoms with van der Waals surface area (Å²) in [5.41, 5.74) is 7.62. The first-order chi connectivity index (χ1) is 6.16. The van der Waals surface area contributed by atoms with E-state index >= 15 is 0 Å². The quantitative estimate of drug-likeness (QED) is 0.809. The predicted molar refractivity (Wildman–Crippen MR) is 56.9 cm³/mol. The molecule has 13 heavy (non-hydrogen) atoms. The molecule has 0 bridgehead atoms. The molecule has 0 unspecified atom stereocenters. The number of nitrogen functional groups attached to an aromatic ring is 1. The second kappa shape index (κ2) is 3.22. The van der Waals surface area contributed by atoms with E-state index < -0.39 is 0 Å². The lowest BCUT2D eigenvalue weighted by Crippen LogP contribution is -1.98. The lowest BCUT2D eigenvalue weighted by Gasteiger charge is -2.09. The average Bonchev–Trinajstić information content (AvgIpc) is 2.84. The summed E-state index contributed by atoms with van der Waals surface area (Å²) < 4.78 is 6.64. The van der Waals surface area contributed by atoms with Gasteiger partial charge in [-0.05, 0) is 53.4 Å². The molecule has 1 fully saturated rings. The second-order valence-electron chi connectivity index (χ2n) is 3.46. The molecule has 1 aromatic rings. The van der Waals surface area contributed by atoms with E-state index in [0.29, 0.717) is 6.10 Å². The Kier molecular flexibility index (Phi) is 2.20. The van der Waals surface area contributed by atoms with Crippen molar-refractivity contribution < 1.29 is 4.74 Å². The number of ether oxygens (including phenoxy) is 1. The van der Waals surface area contributed by atoms with E-state index in [4.69, 9.17) is 10.5 Å². The van der Waals surface area contributed by atoms with Gasteiger partial charge in [-0.2, -0.15) is 0 Å². The summed E-state index contributed by atoms with van der Waals surface area (Å²) in [7, 11) is 0. The lowest BCUT2D eigenvalue weighted by molar-refractivity contribution is 0.301. The average molecular weight is 242 g/mol. The Labute approximate surface area is 86.2 Å². The molecule has 0 spiro atoms. The number of benzene rings is 1. The van der Waals surface area contributed by atoms with Gasteiger partial charge in [0.1, 0.15) is 5.75 Å². The number of nitrogens with two attached hydrogens (primary N) is 1. The summed E-state index contributed by atoms with van der Waals surface area (Å²) >= 11 is 3.43. The van der Waals surface area contributed by atoms with Gasteiger partial charge >= 0.3 is 0 Å². The van der Waals surface area contributed by atoms with Crippen molar-refractivity contribution in [2.24, 2.45) is 0 Å². The molecule has 70 valence electrons. The van der Waals surface area contributed by atoms with Gasteiger partial charge in [0.25, 0.3) is 0 Å². The molecule has 0 aliphatic heterocycles. The molecule has 2 rings (SSSR count). The first kappa shape index (κ1) is 8.88. The van der Waals surface area contributed by atoms with Crippen LogP contribution in [0.2, 0.25) is 0 Å². The number of rotatable bonds is 2. The van der Waals surface area contributed by atoms with Crippen molar-refractivity contribution in [1.82, 2.24) is 0 Å². The Hall–Kier alpha value is -0.700. The van der Waals surface area contributed by atoms with E-state index in [2.05, 4.69) is 15.9 Å². The summed E-state index contributed by atoms with van der Waals surface area (Å²) in [6.45, 7) is 1.99. The van der Waals surface area contributed by atoms with Gasteiger partial charge in [0.2, 0.25) is 0 Å². The molecule has 1 saturated carbocycles. The Morgan fingerprint density at radius 1 is 1.46 bits per heavy atom. The molecular weight excluding hydrogens is 230 g/mol. The Balaban J connectivity index is 2.27. The van der Waals surface area contributed by atoms with Crippen LogP contribution in [0, 0.1) is 6.92 Å². The van der Waals surface area contributed by atoms with Crippen LogP contribution in [0.3, 0.4) is 0 Å². The maximum absolute atomic E-state index is 5.75. The molecule has 0 radical (unpaired) electrons. The molecule has 0 heterocycles. The molecule has 0 saturated heterocycles. The van der Waals surface area contributed by atoms with E-state index in [1.807, 2.05) is 19.1 Å². The molecule has 0 aromatic heterocycles. The highest BCUT2D eigenvalue weighted by Gasteiger charge is 2.24. The highest BCUT2D eigenvalue weighted by atomic mass is 79.9. The van der Waals surface area contributed by atoms with E-state index in [9.17, 15) is 0 Å². The number of anilines is 1. The van der Waals surface area contributed by atoms with Crippen LogP contribution < -0.4 is 10.5 Å². The minimum atomic E-state index is 0.430. The molecule has 0 amide bonds. The number of hydrogen-bond donors (Lipinski definition) is 1. The zero-order valence-corrected chi connectivity index (χ0v) is 9.10. The minimum absolute atomic E-state index is 0.430. The third-order valence-electron chi connectivity index (χ3n) is 2.14. The molecule has 0 atom stereocenters. The van der Waals surface area contributed by atoms with Crippen LogP contribution in [-0.4, -0.2) is 6.10 Å². The summed E-state index contributed by atoms with van der Waals surface area (Å²) in [5.74, 6) is 0.911. The Bertz CT molecular complexity index is 334. The summed E-state index contributed by atoms with van der Waals surface area (Å²) in [6, 6.07) is 3.88.